The van der Waals surface area contributed by atoms with Crippen molar-refractivity contribution in [3.05, 3.63) is 30.1 Å². The van der Waals surface area contributed by atoms with Crippen molar-refractivity contribution in [2.24, 2.45) is 0 Å². The molecule has 0 N–H and O–H groups in total. The van der Waals surface area contributed by atoms with Crippen molar-refractivity contribution in [3.8, 4) is 0 Å². The van der Waals surface area contributed by atoms with Crippen LogP contribution in [0.15, 0.2) is 24.5 Å². The molecule has 65 valence electrons. The maximum absolute atomic E-state index is 4.14. The second-order valence-electron chi connectivity index (χ2n) is 3.42. The van der Waals surface area contributed by atoms with E-state index >= 15 is 0 Å². The summed E-state index contributed by atoms with van der Waals surface area (Å²) in [4.78, 5) is 6.54. The fraction of sp³-hybridized carbons (Fsp3) is 0.500. The maximum Gasteiger partial charge on any atom is 0.0360 e. The van der Waals surface area contributed by atoms with Gasteiger partial charge in [0.1, 0.15) is 0 Å². The van der Waals surface area contributed by atoms with Crippen LogP contribution in [-0.2, 0) is 0 Å². The van der Waals surface area contributed by atoms with Crippen LogP contribution in [0, 0.1) is 0 Å². The molecule has 0 bridgehead atoms. The van der Waals surface area contributed by atoms with E-state index in [-0.39, 0.29) is 51.4 Å². The molecule has 1 fully saturated rings. The Bertz CT molecular complexity index is 250. The van der Waals surface area contributed by atoms with Gasteiger partial charge in [-0.3, -0.25) is 9.88 Å². The smallest absolute Gasteiger partial charge is 0.0360 e. The van der Waals surface area contributed by atoms with E-state index in [0.29, 0.717) is 6.04 Å². The predicted octanol–water partition coefficient (Wildman–Crippen LogP) is 1.47. The minimum absolute atomic E-state index is 0. The van der Waals surface area contributed by atoms with Crippen LogP contribution < -0.4 is 0 Å². The first-order chi connectivity index (χ1) is 5.88. The molecule has 1 radical (unpaired) electrons. The molecule has 0 saturated carbocycles. The molecule has 0 aromatic carbocycles. The monoisotopic (exact) mass is 201 g/mol. The third-order valence-electron chi connectivity index (χ3n) is 2.59. The van der Waals surface area contributed by atoms with Gasteiger partial charge in [-0.05, 0) is 38.1 Å². The summed E-state index contributed by atoms with van der Waals surface area (Å²) in [5.74, 6) is 0. The first-order valence-electron chi connectivity index (χ1n) is 4.48. The van der Waals surface area contributed by atoms with Gasteiger partial charge in [0.2, 0.25) is 0 Å². The molecule has 1 aromatic heterocycles. The van der Waals surface area contributed by atoms with Gasteiger partial charge in [0, 0.05) is 69.8 Å². The first kappa shape index (κ1) is 11.8. The van der Waals surface area contributed by atoms with Gasteiger partial charge in [0.15, 0.2) is 0 Å². The van der Waals surface area contributed by atoms with Gasteiger partial charge >= 0.3 is 0 Å². The van der Waals surface area contributed by atoms with Crippen LogP contribution in [0.3, 0.4) is 0 Å². The Labute approximate surface area is 122 Å². The number of pyridine rings is 1. The Hall–Kier alpha value is 0.746. The summed E-state index contributed by atoms with van der Waals surface area (Å²) < 4.78 is 0. The molecule has 13 heavy (non-hydrogen) atoms. The Balaban J connectivity index is 0.000000845. The number of hydrogen-bond acceptors (Lipinski definition) is 2. The summed E-state index contributed by atoms with van der Waals surface area (Å²) in [6, 6.07) is 4.79. The SMILES string of the molecule is CN1CCCC1c1cccnc1.[K]. The molecular weight excluding hydrogens is 187 g/mol. The Morgan fingerprint density at radius 1 is 1.54 bits per heavy atom. The molecule has 2 heterocycles. The summed E-state index contributed by atoms with van der Waals surface area (Å²) in [5.41, 5.74) is 1.36. The number of rotatable bonds is 1. The topological polar surface area (TPSA) is 16.1 Å². The predicted molar refractivity (Wildman–Crippen MR) is 54.6 cm³/mol. The number of nitrogens with zero attached hydrogens (tertiary/aromatic N) is 2. The van der Waals surface area contributed by atoms with Crippen LogP contribution in [-0.4, -0.2) is 74.9 Å². The quantitative estimate of drug-likeness (QED) is 0.640. The normalized spacial score (nSPS) is 22.7. The van der Waals surface area contributed by atoms with Crippen molar-refractivity contribution in [2.75, 3.05) is 13.6 Å². The molecule has 0 amide bonds. The van der Waals surface area contributed by atoms with Crippen molar-refractivity contribution >= 4 is 51.4 Å². The van der Waals surface area contributed by atoms with E-state index in [9.17, 15) is 0 Å². The van der Waals surface area contributed by atoms with Crippen molar-refractivity contribution in [3.63, 3.8) is 0 Å². The maximum atomic E-state index is 4.14. The number of likely N-dealkylation sites (tertiary alicyclic amines) is 1. The standard InChI is InChI=1S/C10H14N2.K/c1-12-7-3-5-10(12)9-4-2-6-11-8-9;/h2,4,6,8,10H,3,5,7H2,1H3;. The third kappa shape index (κ3) is 2.85. The second kappa shape index (κ2) is 5.58. The molecule has 2 rings (SSSR count). The summed E-state index contributed by atoms with van der Waals surface area (Å²) in [5, 5.41) is 0. The van der Waals surface area contributed by atoms with Crippen LogP contribution in [0.2, 0.25) is 0 Å². The molecule has 2 nitrogen and oxygen atoms in total. The minimum atomic E-state index is 0. The van der Waals surface area contributed by atoms with E-state index in [1.807, 2.05) is 18.5 Å². The van der Waals surface area contributed by atoms with E-state index in [0.717, 1.165) is 0 Å². The largest absolute Gasteiger partial charge is 0.299 e. The number of hydrogen-bond donors (Lipinski definition) is 0. The van der Waals surface area contributed by atoms with Gasteiger partial charge in [-0.1, -0.05) is 6.07 Å². The zero-order valence-electron chi connectivity index (χ0n) is 8.40. The van der Waals surface area contributed by atoms with Gasteiger partial charge in [-0.2, -0.15) is 0 Å². The summed E-state index contributed by atoms with van der Waals surface area (Å²) >= 11 is 0. The van der Waals surface area contributed by atoms with Gasteiger partial charge < -0.3 is 0 Å². The first-order valence-corrected chi connectivity index (χ1v) is 4.48. The molecular formula is C10H14KN2. The molecule has 1 aromatic rings. The molecule has 0 spiro atoms. The fourth-order valence-electron chi connectivity index (χ4n) is 1.90. The average Bonchev–Trinajstić information content (AvgIpc) is 2.53. The van der Waals surface area contributed by atoms with Crippen molar-refractivity contribution < 1.29 is 0 Å². The van der Waals surface area contributed by atoms with E-state index < -0.39 is 0 Å². The molecule has 3 heteroatoms. The molecule has 1 saturated heterocycles. The van der Waals surface area contributed by atoms with Crippen molar-refractivity contribution in [2.45, 2.75) is 18.9 Å². The minimum Gasteiger partial charge on any atom is -0.299 e. The van der Waals surface area contributed by atoms with E-state index in [4.69, 9.17) is 0 Å². The van der Waals surface area contributed by atoms with E-state index in [1.165, 1.54) is 24.9 Å². The summed E-state index contributed by atoms with van der Waals surface area (Å²) in [7, 11) is 2.19. The summed E-state index contributed by atoms with van der Waals surface area (Å²) in [6.07, 6.45) is 6.41. The Kier molecular flexibility index (Phi) is 5.08. The van der Waals surface area contributed by atoms with E-state index in [1.54, 1.807) is 0 Å². The van der Waals surface area contributed by atoms with Crippen molar-refractivity contribution in [1.29, 1.82) is 0 Å². The van der Waals surface area contributed by atoms with Crippen LogP contribution in [0.25, 0.3) is 0 Å². The molecule has 1 aliphatic heterocycles. The van der Waals surface area contributed by atoms with Crippen LogP contribution in [0.4, 0.5) is 0 Å². The van der Waals surface area contributed by atoms with Crippen LogP contribution >= 0.6 is 0 Å². The van der Waals surface area contributed by atoms with Crippen LogP contribution in [0.5, 0.6) is 0 Å². The Morgan fingerprint density at radius 2 is 2.38 bits per heavy atom. The fourth-order valence-corrected chi connectivity index (χ4v) is 1.90. The second-order valence-corrected chi connectivity index (χ2v) is 3.42. The molecule has 1 aliphatic rings. The number of aromatic nitrogens is 1. The molecule has 0 aliphatic carbocycles. The molecule has 1 unspecified atom stereocenters. The molecule has 1 atom stereocenters. The third-order valence-corrected chi connectivity index (χ3v) is 2.59. The van der Waals surface area contributed by atoms with E-state index in [2.05, 4.69) is 23.0 Å². The van der Waals surface area contributed by atoms with Crippen molar-refractivity contribution in [1.82, 2.24) is 9.88 Å². The van der Waals surface area contributed by atoms with Gasteiger partial charge in [-0.15, -0.1) is 0 Å². The average molecular weight is 201 g/mol. The Morgan fingerprint density at radius 3 is 2.92 bits per heavy atom. The van der Waals surface area contributed by atoms with Gasteiger partial charge in [0.25, 0.3) is 0 Å². The zero-order chi connectivity index (χ0) is 8.39. The van der Waals surface area contributed by atoms with Gasteiger partial charge in [-0.25, -0.2) is 0 Å². The summed E-state index contributed by atoms with van der Waals surface area (Å²) in [6.45, 7) is 1.22. The van der Waals surface area contributed by atoms with Gasteiger partial charge in [0.05, 0.1) is 0 Å². The van der Waals surface area contributed by atoms with Crippen LogP contribution in [0.1, 0.15) is 24.4 Å². The zero-order valence-corrected chi connectivity index (χ0v) is 11.5.